The van der Waals surface area contributed by atoms with Gasteiger partial charge in [0.1, 0.15) is 0 Å². The van der Waals surface area contributed by atoms with Gasteiger partial charge in [-0.2, -0.15) is 0 Å². The minimum atomic E-state index is -0.446. The number of benzene rings is 2. The van der Waals surface area contributed by atoms with Gasteiger partial charge in [-0.3, -0.25) is 14.9 Å². The Kier molecular flexibility index (Phi) is 4.27. The molecule has 6 heteroatoms. The fraction of sp³-hybridized carbons (Fsp3) is 0.211. The predicted molar refractivity (Wildman–Crippen MR) is 98.6 cm³/mol. The van der Waals surface area contributed by atoms with Gasteiger partial charge in [0.2, 0.25) is 0 Å². The molecule has 1 amide bonds. The smallest absolute Gasteiger partial charge is 0.269 e. The molecule has 1 N–H and O–H groups in total. The summed E-state index contributed by atoms with van der Waals surface area (Å²) in [7, 11) is 0. The lowest BCUT2D eigenvalue weighted by Crippen LogP contribution is -2.50. The third-order valence-corrected chi connectivity index (χ3v) is 4.01. The van der Waals surface area contributed by atoms with Crippen LogP contribution in [0.15, 0.2) is 54.6 Å². The molecule has 6 nitrogen and oxygen atoms in total. The Labute approximate surface area is 145 Å². The monoisotopic (exact) mass is 337 g/mol. The van der Waals surface area contributed by atoms with Crippen LogP contribution in [-0.2, 0) is 4.79 Å². The molecule has 0 unspecified atom stereocenters. The van der Waals surface area contributed by atoms with Crippen LogP contribution < -0.4 is 10.2 Å². The van der Waals surface area contributed by atoms with Gasteiger partial charge in [-0.05, 0) is 49.8 Å². The van der Waals surface area contributed by atoms with Gasteiger partial charge in [-0.15, -0.1) is 0 Å². The minimum absolute atomic E-state index is 0.0289. The number of para-hydroxylation sites is 2. The highest BCUT2D eigenvalue weighted by Crippen LogP contribution is 2.34. The summed E-state index contributed by atoms with van der Waals surface area (Å²) in [6.07, 6.45) is 3.17. The molecule has 0 saturated carbocycles. The number of carbonyl (C=O) groups excluding carboxylic acids is 1. The van der Waals surface area contributed by atoms with Crippen molar-refractivity contribution in [3.63, 3.8) is 0 Å². The van der Waals surface area contributed by atoms with Gasteiger partial charge in [0.15, 0.2) is 0 Å². The van der Waals surface area contributed by atoms with E-state index in [0.29, 0.717) is 6.54 Å². The Bertz CT molecular complexity index is 841. The van der Waals surface area contributed by atoms with Crippen molar-refractivity contribution in [2.24, 2.45) is 0 Å². The second-order valence-electron chi connectivity index (χ2n) is 6.63. The number of nitro groups is 1. The summed E-state index contributed by atoms with van der Waals surface area (Å²) >= 11 is 0. The molecule has 1 aliphatic rings. The number of hydrogen-bond acceptors (Lipinski definition) is 4. The Morgan fingerprint density at radius 3 is 2.56 bits per heavy atom. The maximum Gasteiger partial charge on any atom is 0.269 e. The number of nitrogens with one attached hydrogen (secondary N) is 1. The lowest BCUT2D eigenvalue weighted by atomic mass is 9.99. The van der Waals surface area contributed by atoms with Crippen molar-refractivity contribution in [1.29, 1.82) is 0 Å². The Morgan fingerprint density at radius 1 is 1.20 bits per heavy atom. The topological polar surface area (TPSA) is 75.5 Å². The molecule has 0 spiro atoms. The average Bonchev–Trinajstić information content (AvgIpc) is 2.58. The van der Waals surface area contributed by atoms with Crippen molar-refractivity contribution in [3.05, 3.63) is 70.3 Å². The second kappa shape index (κ2) is 6.39. The largest absolute Gasteiger partial charge is 0.377 e. The van der Waals surface area contributed by atoms with Crippen molar-refractivity contribution >= 4 is 29.0 Å². The van der Waals surface area contributed by atoms with Gasteiger partial charge >= 0.3 is 0 Å². The number of rotatable bonds is 3. The third kappa shape index (κ3) is 3.68. The van der Waals surface area contributed by atoms with E-state index in [0.717, 1.165) is 16.9 Å². The Hall–Kier alpha value is -3.15. The summed E-state index contributed by atoms with van der Waals surface area (Å²) in [6.45, 7) is 4.64. The molecular formula is C19H19N3O3. The van der Waals surface area contributed by atoms with Gasteiger partial charge < -0.3 is 10.2 Å². The summed E-state index contributed by atoms with van der Waals surface area (Å²) < 4.78 is 0. The van der Waals surface area contributed by atoms with Gasteiger partial charge in [0, 0.05) is 30.3 Å². The van der Waals surface area contributed by atoms with E-state index in [2.05, 4.69) is 5.32 Å². The van der Waals surface area contributed by atoms with Crippen molar-refractivity contribution in [2.75, 3.05) is 16.8 Å². The minimum Gasteiger partial charge on any atom is -0.377 e. The number of anilines is 2. The molecule has 25 heavy (non-hydrogen) atoms. The molecule has 0 atom stereocenters. The average molecular weight is 337 g/mol. The van der Waals surface area contributed by atoms with E-state index < -0.39 is 4.92 Å². The number of amides is 1. The highest BCUT2D eigenvalue weighted by molar-refractivity contribution is 6.06. The van der Waals surface area contributed by atoms with Crippen LogP contribution in [-0.4, -0.2) is 22.9 Å². The number of nitrogens with zero attached hydrogens (tertiary/aromatic N) is 2. The Morgan fingerprint density at radius 2 is 1.88 bits per heavy atom. The molecule has 2 aromatic carbocycles. The van der Waals surface area contributed by atoms with Gasteiger partial charge in [-0.25, -0.2) is 0 Å². The molecule has 0 bridgehead atoms. The normalized spacial score (nSPS) is 15.5. The van der Waals surface area contributed by atoms with Crippen LogP contribution in [0.5, 0.6) is 0 Å². The number of nitro benzene ring substituents is 1. The fourth-order valence-corrected chi connectivity index (χ4v) is 2.86. The summed E-state index contributed by atoms with van der Waals surface area (Å²) in [4.78, 5) is 24.7. The van der Waals surface area contributed by atoms with Crippen molar-refractivity contribution < 1.29 is 9.72 Å². The van der Waals surface area contributed by atoms with Crippen LogP contribution in [0, 0.1) is 10.1 Å². The van der Waals surface area contributed by atoms with Crippen LogP contribution in [0.25, 0.3) is 6.08 Å². The maximum atomic E-state index is 12.7. The first-order chi connectivity index (χ1) is 11.9. The lowest BCUT2D eigenvalue weighted by Gasteiger charge is -2.40. The highest BCUT2D eigenvalue weighted by atomic mass is 16.6. The molecule has 3 rings (SSSR count). The first-order valence-electron chi connectivity index (χ1n) is 7.97. The number of hydrogen-bond donors (Lipinski definition) is 1. The number of fused-ring (bicyclic) bond motifs is 1. The zero-order valence-electron chi connectivity index (χ0n) is 14.1. The van der Waals surface area contributed by atoms with E-state index in [9.17, 15) is 14.9 Å². The van der Waals surface area contributed by atoms with Crippen LogP contribution in [0.1, 0.15) is 19.4 Å². The second-order valence-corrected chi connectivity index (χ2v) is 6.63. The van der Waals surface area contributed by atoms with Crippen molar-refractivity contribution in [1.82, 2.24) is 0 Å². The highest BCUT2D eigenvalue weighted by Gasteiger charge is 2.31. The zero-order chi connectivity index (χ0) is 18.0. The quantitative estimate of drug-likeness (QED) is 0.524. The van der Waals surface area contributed by atoms with Crippen LogP contribution in [0.4, 0.5) is 17.1 Å². The fourth-order valence-electron chi connectivity index (χ4n) is 2.86. The van der Waals surface area contributed by atoms with Crippen molar-refractivity contribution in [2.45, 2.75) is 19.4 Å². The predicted octanol–water partition coefficient (Wildman–Crippen LogP) is 3.85. The molecule has 0 fully saturated rings. The first-order valence-corrected chi connectivity index (χ1v) is 7.97. The summed E-state index contributed by atoms with van der Waals surface area (Å²) in [5, 5.41) is 14.1. The molecule has 0 radical (unpaired) electrons. The van der Waals surface area contributed by atoms with Crippen LogP contribution >= 0.6 is 0 Å². The summed E-state index contributed by atoms with van der Waals surface area (Å²) in [5.41, 5.74) is 2.31. The number of carbonyl (C=O) groups is 1. The van der Waals surface area contributed by atoms with E-state index in [1.807, 2.05) is 38.1 Å². The van der Waals surface area contributed by atoms with Gasteiger partial charge in [-0.1, -0.05) is 12.1 Å². The third-order valence-electron chi connectivity index (χ3n) is 4.01. The van der Waals surface area contributed by atoms with Gasteiger partial charge in [0.05, 0.1) is 16.3 Å². The van der Waals surface area contributed by atoms with Crippen LogP contribution in [0.2, 0.25) is 0 Å². The molecule has 0 aromatic heterocycles. The van der Waals surface area contributed by atoms with E-state index in [4.69, 9.17) is 0 Å². The van der Waals surface area contributed by atoms with Crippen molar-refractivity contribution in [3.8, 4) is 0 Å². The summed E-state index contributed by atoms with van der Waals surface area (Å²) in [6, 6.07) is 13.8. The molecule has 128 valence electrons. The summed E-state index contributed by atoms with van der Waals surface area (Å²) in [5.74, 6) is -0.125. The molecule has 1 heterocycles. The van der Waals surface area contributed by atoms with E-state index in [1.165, 1.54) is 18.2 Å². The van der Waals surface area contributed by atoms with Crippen LogP contribution in [0.3, 0.4) is 0 Å². The SMILES string of the molecule is CC1(C)CN(C(=O)/C=C/c2ccc([N+](=O)[O-])cc2)c2ccccc2N1. The molecule has 2 aromatic rings. The lowest BCUT2D eigenvalue weighted by molar-refractivity contribution is -0.384. The molecule has 1 aliphatic heterocycles. The maximum absolute atomic E-state index is 12.7. The van der Waals surface area contributed by atoms with E-state index in [1.54, 1.807) is 23.1 Å². The molecular weight excluding hydrogens is 318 g/mol. The Balaban J connectivity index is 1.82. The van der Waals surface area contributed by atoms with Gasteiger partial charge in [0.25, 0.3) is 11.6 Å². The zero-order valence-corrected chi connectivity index (χ0v) is 14.1. The number of non-ortho nitro benzene ring substituents is 1. The van der Waals surface area contributed by atoms with E-state index in [-0.39, 0.29) is 17.1 Å². The standard InChI is InChI=1S/C19H19N3O3/c1-19(2)13-21(17-6-4-3-5-16(17)20-19)18(23)12-9-14-7-10-15(11-8-14)22(24)25/h3-12,20H,13H2,1-2H3/b12-9+. The molecule has 0 aliphatic carbocycles. The van der Waals surface area contributed by atoms with E-state index >= 15 is 0 Å². The first kappa shape index (κ1) is 16.7. The molecule has 0 saturated heterocycles.